The predicted molar refractivity (Wildman–Crippen MR) is 71.9 cm³/mol. The summed E-state index contributed by atoms with van der Waals surface area (Å²) in [5, 5.41) is 13.2. The van der Waals surface area contributed by atoms with Crippen molar-refractivity contribution >= 4 is 0 Å². The van der Waals surface area contributed by atoms with Crippen molar-refractivity contribution in [2.45, 2.75) is 18.9 Å². The molecule has 2 N–H and O–H groups in total. The van der Waals surface area contributed by atoms with Gasteiger partial charge in [0, 0.05) is 20.3 Å². The molecule has 1 rings (SSSR count). The van der Waals surface area contributed by atoms with E-state index in [4.69, 9.17) is 9.47 Å². The first-order valence-corrected chi connectivity index (χ1v) is 6.29. The summed E-state index contributed by atoms with van der Waals surface area (Å²) in [6, 6.07) is 7.52. The van der Waals surface area contributed by atoms with Crippen molar-refractivity contribution in [2.75, 3.05) is 33.9 Å². The van der Waals surface area contributed by atoms with Crippen molar-refractivity contribution in [2.24, 2.45) is 0 Å². The van der Waals surface area contributed by atoms with Crippen LogP contribution in [0.15, 0.2) is 24.3 Å². The third-order valence-electron chi connectivity index (χ3n) is 2.77. The highest BCUT2D eigenvalue weighted by Gasteiger charge is 2.07. The number of nitrogens with one attached hydrogen (secondary N) is 1. The zero-order valence-corrected chi connectivity index (χ0v) is 11.2. The number of hydrogen-bond acceptors (Lipinski definition) is 4. The summed E-state index contributed by atoms with van der Waals surface area (Å²) in [4.78, 5) is 0. The Morgan fingerprint density at radius 2 is 2.11 bits per heavy atom. The third-order valence-corrected chi connectivity index (χ3v) is 2.77. The summed E-state index contributed by atoms with van der Waals surface area (Å²) in [6.07, 6.45) is 1.60. The van der Waals surface area contributed by atoms with Crippen LogP contribution in [0.2, 0.25) is 0 Å². The summed E-state index contributed by atoms with van der Waals surface area (Å²) in [7, 11) is 3.33. The average Bonchev–Trinajstić information content (AvgIpc) is 2.42. The fraction of sp³-hybridized carbons (Fsp3) is 0.571. The molecule has 0 spiro atoms. The minimum atomic E-state index is -0.498. The van der Waals surface area contributed by atoms with Gasteiger partial charge in [0.05, 0.1) is 13.2 Å². The first-order valence-electron chi connectivity index (χ1n) is 6.29. The molecule has 1 atom stereocenters. The van der Waals surface area contributed by atoms with E-state index >= 15 is 0 Å². The minimum Gasteiger partial charge on any atom is -0.497 e. The zero-order chi connectivity index (χ0) is 13.2. The van der Waals surface area contributed by atoms with Gasteiger partial charge in [0.25, 0.3) is 0 Å². The van der Waals surface area contributed by atoms with Crippen molar-refractivity contribution in [3.63, 3.8) is 0 Å². The Balaban J connectivity index is 2.25. The molecule has 0 saturated carbocycles. The maximum absolute atomic E-state index is 10.0. The van der Waals surface area contributed by atoms with Crippen LogP contribution in [0.5, 0.6) is 5.75 Å². The molecule has 0 aliphatic carbocycles. The highest BCUT2D eigenvalue weighted by Crippen LogP contribution is 2.18. The molecule has 0 fully saturated rings. The lowest BCUT2D eigenvalue weighted by molar-refractivity contribution is 0.172. The molecule has 0 aliphatic heterocycles. The van der Waals surface area contributed by atoms with Crippen LogP contribution in [0, 0.1) is 0 Å². The maximum atomic E-state index is 10.0. The molecule has 0 heterocycles. The Labute approximate surface area is 109 Å². The van der Waals surface area contributed by atoms with Crippen molar-refractivity contribution < 1.29 is 14.6 Å². The van der Waals surface area contributed by atoms with E-state index in [0.29, 0.717) is 6.54 Å². The van der Waals surface area contributed by atoms with E-state index in [1.807, 2.05) is 24.3 Å². The van der Waals surface area contributed by atoms with E-state index in [1.165, 1.54) is 0 Å². The first kappa shape index (κ1) is 15.0. The number of benzene rings is 1. The van der Waals surface area contributed by atoms with E-state index in [9.17, 15) is 5.11 Å². The Kier molecular flexibility index (Phi) is 7.41. The average molecular weight is 253 g/mol. The van der Waals surface area contributed by atoms with E-state index < -0.39 is 6.10 Å². The predicted octanol–water partition coefficient (Wildman–Crippen LogP) is 1.74. The number of aliphatic hydroxyl groups is 1. The highest BCUT2D eigenvalue weighted by molar-refractivity contribution is 5.29. The molecule has 0 saturated heterocycles. The van der Waals surface area contributed by atoms with Crippen LogP contribution in [-0.4, -0.2) is 39.0 Å². The molecule has 1 unspecified atom stereocenters. The van der Waals surface area contributed by atoms with Crippen LogP contribution >= 0.6 is 0 Å². The summed E-state index contributed by atoms with van der Waals surface area (Å²) in [5.41, 5.74) is 0.874. The quantitative estimate of drug-likeness (QED) is 0.658. The van der Waals surface area contributed by atoms with Gasteiger partial charge in [-0.1, -0.05) is 12.1 Å². The van der Waals surface area contributed by atoms with Gasteiger partial charge in [0.2, 0.25) is 0 Å². The summed E-state index contributed by atoms with van der Waals surface area (Å²) < 4.78 is 10.1. The van der Waals surface area contributed by atoms with Crippen LogP contribution in [0.3, 0.4) is 0 Å². The van der Waals surface area contributed by atoms with Gasteiger partial charge in [-0.25, -0.2) is 0 Å². The number of hydrogen-bond donors (Lipinski definition) is 2. The molecule has 4 nitrogen and oxygen atoms in total. The normalized spacial score (nSPS) is 12.4. The summed E-state index contributed by atoms with van der Waals surface area (Å²) >= 11 is 0. The largest absolute Gasteiger partial charge is 0.497 e. The van der Waals surface area contributed by atoms with Gasteiger partial charge in [-0.05, 0) is 37.1 Å². The molecular formula is C14H23NO3. The van der Waals surface area contributed by atoms with Gasteiger partial charge in [0.15, 0.2) is 0 Å². The number of methoxy groups -OCH3 is 2. The summed E-state index contributed by atoms with van der Waals surface area (Å²) in [5.74, 6) is 0.770. The van der Waals surface area contributed by atoms with Gasteiger partial charge in [-0.3, -0.25) is 0 Å². The van der Waals surface area contributed by atoms with E-state index in [-0.39, 0.29) is 0 Å². The van der Waals surface area contributed by atoms with Gasteiger partial charge in [-0.2, -0.15) is 0 Å². The third kappa shape index (κ3) is 5.49. The molecule has 0 aromatic heterocycles. The van der Waals surface area contributed by atoms with E-state index in [1.54, 1.807) is 14.2 Å². The molecule has 0 radical (unpaired) electrons. The lowest BCUT2D eigenvalue weighted by Crippen LogP contribution is -2.22. The Morgan fingerprint density at radius 1 is 1.28 bits per heavy atom. The SMILES string of the molecule is COCCCCNCC(O)c1cccc(OC)c1. The molecule has 4 heteroatoms. The van der Waals surface area contributed by atoms with Gasteiger partial charge < -0.3 is 19.9 Å². The second kappa shape index (κ2) is 8.91. The Morgan fingerprint density at radius 3 is 2.83 bits per heavy atom. The van der Waals surface area contributed by atoms with Crippen molar-refractivity contribution in [3.05, 3.63) is 29.8 Å². The van der Waals surface area contributed by atoms with Crippen molar-refractivity contribution in [3.8, 4) is 5.75 Å². The molecular weight excluding hydrogens is 230 g/mol. The monoisotopic (exact) mass is 253 g/mol. The van der Waals surface area contributed by atoms with Crippen LogP contribution in [0.1, 0.15) is 24.5 Å². The van der Waals surface area contributed by atoms with Gasteiger partial charge in [0.1, 0.15) is 5.75 Å². The highest BCUT2D eigenvalue weighted by atomic mass is 16.5. The van der Waals surface area contributed by atoms with Crippen LogP contribution in [0.25, 0.3) is 0 Å². The fourth-order valence-corrected chi connectivity index (χ4v) is 1.70. The van der Waals surface area contributed by atoms with Gasteiger partial charge >= 0.3 is 0 Å². The van der Waals surface area contributed by atoms with Gasteiger partial charge in [-0.15, -0.1) is 0 Å². The number of rotatable bonds is 9. The standard InChI is InChI=1S/C14H23NO3/c1-17-9-4-3-8-15-11-14(16)12-6-5-7-13(10-12)18-2/h5-7,10,14-16H,3-4,8-9,11H2,1-2H3. The fourth-order valence-electron chi connectivity index (χ4n) is 1.70. The zero-order valence-electron chi connectivity index (χ0n) is 11.2. The summed E-state index contributed by atoms with van der Waals surface area (Å²) in [6.45, 7) is 2.24. The minimum absolute atomic E-state index is 0.498. The molecule has 102 valence electrons. The van der Waals surface area contributed by atoms with Crippen LogP contribution < -0.4 is 10.1 Å². The Hall–Kier alpha value is -1.10. The van der Waals surface area contributed by atoms with E-state index in [0.717, 1.165) is 37.3 Å². The van der Waals surface area contributed by atoms with Crippen molar-refractivity contribution in [1.82, 2.24) is 5.32 Å². The second-order valence-electron chi connectivity index (χ2n) is 4.20. The molecule has 18 heavy (non-hydrogen) atoms. The second-order valence-corrected chi connectivity index (χ2v) is 4.20. The van der Waals surface area contributed by atoms with Crippen LogP contribution in [0.4, 0.5) is 0 Å². The molecule has 1 aromatic carbocycles. The lowest BCUT2D eigenvalue weighted by Gasteiger charge is -2.13. The maximum Gasteiger partial charge on any atom is 0.119 e. The smallest absolute Gasteiger partial charge is 0.119 e. The number of ether oxygens (including phenoxy) is 2. The molecule has 0 amide bonds. The lowest BCUT2D eigenvalue weighted by atomic mass is 10.1. The van der Waals surface area contributed by atoms with Crippen LogP contribution in [-0.2, 0) is 4.74 Å². The van der Waals surface area contributed by atoms with E-state index in [2.05, 4.69) is 5.32 Å². The molecule has 1 aromatic rings. The topological polar surface area (TPSA) is 50.7 Å². The molecule has 0 bridgehead atoms. The number of aliphatic hydroxyl groups excluding tert-OH is 1. The van der Waals surface area contributed by atoms with Crippen molar-refractivity contribution in [1.29, 1.82) is 0 Å². The first-order chi connectivity index (χ1) is 8.77. The Bertz CT molecular complexity index is 331. The molecule has 0 aliphatic rings. The number of unbranched alkanes of at least 4 members (excludes halogenated alkanes) is 1.